The van der Waals surface area contributed by atoms with Gasteiger partial charge in [-0.2, -0.15) is 0 Å². The van der Waals surface area contributed by atoms with Gasteiger partial charge in [0.15, 0.2) is 5.84 Å². The molecule has 2 rings (SSSR count). The molecule has 0 heterocycles. The highest BCUT2D eigenvalue weighted by Crippen LogP contribution is 2.20. The van der Waals surface area contributed by atoms with Crippen molar-refractivity contribution >= 4 is 34.1 Å². The van der Waals surface area contributed by atoms with Crippen molar-refractivity contribution in [2.75, 3.05) is 5.32 Å². The Labute approximate surface area is 129 Å². The summed E-state index contributed by atoms with van der Waals surface area (Å²) in [5.74, 6) is -0.201. The van der Waals surface area contributed by atoms with E-state index in [2.05, 4.69) is 33.1 Å². The molecule has 0 atom stereocenters. The van der Waals surface area contributed by atoms with E-state index in [1.807, 2.05) is 18.2 Å². The van der Waals surface area contributed by atoms with Crippen LogP contribution in [0.15, 0.2) is 47.6 Å². The van der Waals surface area contributed by atoms with Crippen molar-refractivity contribution in [3.63, 3.8) is 0 Å². The maximum Gasteiger partial charge on any atom is 0.170 e. The highest BCUT2D eigenvalue weighted by Gasteiger charge is 2.07. The normalized spacial score (nSPS) is 11.4. The molecule has 6 heteroatoms. The van der Waals surface area contributed by atoms with E-state index in [1.165, 1.54) is 12.1 Å². The Morgan fingerprint density at radius 2 is 2.05 bits per heavy atom. The molecule has 2 aromatic rings. The molecule has 0 amide bonds. The van der Waals surface area contributed by atoms with Gasteiger partial charge in [-0.15, -0.1) is 0 Å². The molecule has 20 heavy (non-hydrogen) atoms. The summed E-state index contributed by atoms with van der Waals surface area (Å²) < 4.78 is 13.8. The Morgan fingerprint density at radius 1 is 1.30 bits per heavy atom. The van der Waals surface area contributed by atoms with E-state index in [4.69, 9.17) is 10.9 Å². The second kappa shape index (κ2) is 6.56. The first-order valence-electron chi connectivity index (χ1n) is 5.86. The minimum Gasteiger partial charge on any atom is -0.409 e. The fraction of sp³-hybridized carbons (Fsp3) is 0.0714. The Balaban J connectivity index is 2.19. The summed E-state index contributed by atoms with van der Waals surface area (Å²) in [6.45, 7) is 0.494. The quantitative estimate of drug-likeness (QED) is 0.249. The van der Waals surface area contributed by atoms with E-state index in [-0.39, 0.29) is 11.7 Å². The molecular weight excluding hydrogens is 372 g/mol. The molecular formula is C14H13FIN3O. The predicted molar refractivity (Wildman–Crippen MR) is 85.4 cm³/mol. The third-order valence-corrected chi connectivity index (χ3v) is 3.69. The molecule has 0 aromatic heterocycles. The minimum atomic E-state index is -0.267. The molecule has 0 fully saturated rings. The summed E-state index contributed by atoms with van der Waals surface area (Å²) in [6.07, 6.45) is 0. The molecule has 0 aliphatic heterocycles. The maximum atomic E-state index is 13.0. The van der Waals surface area contributed by atoms with E-state index in [0.717, 1.165) is 14.8 Å². The Kier molecular flexibility index (Phi) is 4.78. The number of nitrogens with two attached hydrogens (primary N) is 1. The molecule has 4 nitrogen and oxygen atoms in total. The molecule has 0 bridgehead atoms. The van der Waals surface area contributed by atoms with Crippen LogP contribution in [-0.2, 0) is 6.54 Å². The van der Waals surface area contributed by atoms with Crippen LogP contribution in [0.3, 0.4) is 0 Å². The third-order valence-electron chi connectivity index (χ3n) is 2.80. The van der Waals surface area contributed by atoms with Gasteiger partial charge in [-0.1, -0.05) is 29.4 Å². The van der Waals surface area contributed by atoms with Gasteiger partial charge in [0.05, 0.1) is 0 Å². The van der Waals surface area contributed by atoms with Gasteiger partial charge in [0, 0.05) is 21.4 Å². The number of hydrogen-bond acceptors (Lipinski definition) is 3. The number of amidine groups is 1. The largest absolute Gasteiger partial charge is 0.409 e. The average Bonchev–Trinajstić information content (AvgIpc) is 2.46. The van der Waals surface area contributed by atoms with E-state index < -0.39 is 0 Å². The summed E-state index contributed by atoms with van der Waals surface area (Å²) in [5, 5.41) is 15.0. The van der Waals surface area contributed by atoms with Crippen molar-refractivity contribution in [2.24, 2.45) is 10.9 Å². The van der Waals surface area contributed by atoms with Crippen LogP contribution in [0, 0.1) is 9.39 Å². The Bertz CT molecular complexity index is 646. The molecule has 2 aromatic carbocycles. The number of hydrogen-bond donors (Lipinski definition) is 3. The van der Waals surface area contributed by atoms with Crippen molar-refractivity contribution in [1.29, 1.82) is 0 Å². The van der Waals surface area contributed by atoms with Crippen LogP contribution in [-0.4, -0.2) is 11.0 Å². The van der Waals surface area contributed by atoms with Gasteiger partial charge >= 0.3 is 0 Å². The van der Waals surface area contributed by atoms with E-state index in [0.29, 0.717) is 12.1 Å². The second-order valence-corrected chi connectivity index (χ2v) is 5.28. The van der Waals surface area contributed by atoms with Gasteiger partial charge in [0.1, 0.15) is 5.82 Å². The summed E-state index contributed by atoms with van der Waals surface area (Å²) >= 11 is 2.07. The number of anilines is 1. The monoisotopic (exact) mass is 385 g/mol. The zero-order chi connectivity index (χ0) is 14.5. The van der Waals surface area contributed by atoms with Crippen LogP contribution in [0.5, 0.6) is 0 Å². The number of benzene rings is 2. The first-order chi connectivity index (χ1) is 9.61. The lowest BCUT2D eigenvalue weighted by atomic mass is 10.1. The molecule has 0 aliphatic carbocycles. The zero-order valence-electron chi connectivity index (χ0n) is 10.5. The summed E-state index contributed by atoms with van der Waals surface area (Å²) in [5.41, 5.74) is 8.03. The molecule has 0 unspecified atom stereocenters. The third kappa shape index (κ3) is 3.38. The maximum absolute atomic E-state index is 13.0. The van der Waals surface area contributed by atoms with Crippen molar-refractivity contribution < 1.29 is 9.60 Å². The molecule has 0 spiro atoms. The van der Waals surface area contributed by atoms with Crippen LogP contribution in [0.1, 0.15) is 11.1 Å². The molecule has 104 valence electrons. The van der Waals surface area contributed by atoms with Crippen molar-refractivity contribution in [1.82, 2.24) is 0 Å². The number of nitrogens with one attached hydrogen (secondary N) is 1. The van der Waals surface area contributed by atoms with Crippen LogP contribution in [0.2, 0.25) is 0 Å². The SMILES string of the molecule is NC(=NO)c1ccccc1CNc1ccc(F)cc1I. The lowest BCUT2D eigenvalue weighted by Crippen LogP contribution is -2.16. The first kappa shape index (κ1) is 14.6. The van der Waals surface area contributed by atoms with Crippen LogP contribution < -0.4 is 11.1 Å². The molecule has 4 N–H and O–H groups in total. The minimum absolute atomic E-state index is 0.0659. The summed E-state index contributed by atoms with van der Waals surface area (Å²) in [7, 11) is 0. The van der Waals surface area contributed by atoms with Crippen molar-refractivity contribution in [3.05, 3.63) is 63.0 Å². The molecule has 0 saturated carbocycles. The zero-order valence-corrected chi connectivity index (χ0v) is 12.6. The molecule has 0 aliphatic rings. The van der Waals surface area contributed by atoms with E-state index >= 15 is 0 Å². The van der Waals surface area contributed by atoms with Crippen LogP contribution in [0.25, 0.3) is 0 Å². The van der Waals surface area contributed by atoms with Gasteiger partial charge in [-0.3, -0.25) is 0 Å². The number of oxime groups is 1. The second-order valence-electron chi connectivity index (χ2n) is 4.12. The number of nitrogens with zero attached hydrogens (tertiary/aromatic N) is 1. The van der Waals surface area contributed by atoms with Crippen LogP contribution in [0.4, 0.5) is 10.1 Å². The topological polar surface area (TPSA) is 70.6 Å². The Hall–Kier alpha value is -1.83. The number of rotatable bonds is 4. The lowest BCUT2D eigenvalue weighted by molar-refractivity contribution is 0.318. The molecule has 0 radical (unpaired) electrons. The van der Waals surface area contributed by atoms with Crippen LogP contribution >= 0.6 is 22.6 Å². The Morgan fingerprint density at radius 3 is 2.75 bits per heavy atom. The fourth-order valence-corrected chi connectivity index (χ4v) is 2.47. The summed E-state index contributed by atoms with van der Waals surface area (Å²) in [4.78, 5) is 0. The highest BCUT2D eigenvalue weighted by molar-refractivity contribution is 14.1. The van der Waals surface area contributed by atoms with Crippen molar-refractivity contribution in [3.8, 4) is 0 Å². The summed E-state index contributed by atoms with van der Waals surface area (Å²) in [6, 6.07) is 11.9. The van der Waals surface area contributed by atoms with Gasteiger partial charge in [0.25, 0.3) is 0 Å². The van der Waals surface area contributed by atoms with Crippen molar-refractivity contribution in [2.45, 2.75) is 6.54 Å². The van der Waals surface area contributed by atoms with Gasteiger partial charge in [0.2, 0.25) is 0 Å². The van der Waals surface area contributed by atoms with Gasteiger partial charge in [-0.05, 0) is 46.4 Å². The van der Waals surface area contributed by atoms with E-state index in [1.54, 1.807) is 12.1 Å². The van der Waals surface area contributed by atoms with Gasteiger partial charge in [-0.25, -0.2) is 4.39 Å². The fourth-order valence-electron chi connectivity index (χ4n) is 1.80. The highest BCUT2D eigenvalue weighted by atomic mass is 127. The van der Waals surface area contributed by atoms with E-state index in [9.17, 15) is 4.39 Å². The lowest BCUT2D eigenvalue weighted by Gasteiger charge is -2.11. The smallest absolute Gasteiger partial charge is 0.170 e. The predicted octanol–water partition coefficient (Wildman–Crippen LogP) is 3.14. The molecule has 0 saturated heterocycles. The first-order valence-corrected chi connectivity index (χ1v) is 6.94. The van der Waals surface area contributed by atoms with Gasteiger partial charge < -0.3 is 16.3 Å². The standard InChI is InChI=1S/C14H13FIN3O/c15-10-5-6-13(12(16)7-10)18-8-9-3-1-2-4-11(9)14(17)19-20/h1-7,18,20H,8H2,(H2,17,19). The number of halogens is 2. The average molecular weight is 385 g/mol.